The van der Waals surface area contributed by atoms with Crippen LogP contribution in [0.2, 0.25) is 0 Å². The molecule has 0 spiro atoms. The van der Waals surface area contributed by atoms with Crippen molar-refractivity contribution >= 4 is 81.1 Å². The summed E-state index contributed by atoms with van der Waals surface area (Å²) in [6.45, 7) is 0. The Morgan fingerprint density at radius 2 is 0.982 bits per heavy atom. The lowest BCUT2D eigenvalue weighted by molar-refractivity contribution is 1.18. The second-order valence-electron chi connectivity index (χ2n) is 14.1. The zero-order valence-corrected chi connectivity index (χ0v) is 30.7. The quantitative estimate of drug-likeness (QED) is 0.166. The molecule has 0 atom stereocenters. The summed E-state index contributed by atoms with van der Waals surface area (Å²) >= 11 is 1.86. The van der Waals surface area contributed by atoms with E-state index in [0.717, 1.165) is 22.7 Å². The van der Waals surface area contributed by atoms with E-state index in [1.165, 1.54) is 75.0 Å². The third-order valence-corrected chi connectivity index (χ3v) is 12.1. The van der Waals surface area contributed by atoms with E-state index in [9.17, 15) is 0 Å². The first-order valence-electron chi connectivity index (χ1n) is 18.8. The third-order valence-electron chi connectivity index (χ3n) is 11.0. The van der Waals surface area contributed by atoms with Gasteiger partial charge in [0.05, 0.1) is 28.1 Å². The Morgan fingerprint density at radius 1 is 0.345 bits per heavy atom. The topological polar surface area (TPSA) is 8.17 Å². The van der Waals surface area contributed by atoms with Gasteiger partial charge in [0.1, 0.15) is 0 Å². The van der Waals surface area contributed by atoms with Crippen LogP contribution >= 0.6 is 11.3 Å². The number of aromatic nitrogens is 1. The molecule has 2 aromatic heterocycles. The highest BCUT2D eigenvalue weighted by Gasteiger charge is 2.25. The fourth-order valence-electron chi connectivity index (χ4n) is 8.59. The third kappa shape index (κ3) is 5.09. The average molecular weight is 719 g/mol. The van der Waals surface area contributed by atoms with Crippen LogP contribution in [0.4, 0.5) is 17.1 Å². The van der Waals surface area contributed by atoms with Crippen LogP contribution in [0.1, 0.15) is 0 Å². The fraction of sp³-hybridized carbons (Fsp3) is 0. The number of benzene rings is 9. The van der Waals surface area contributed by atoms with Crippen LogP contribution in [-0.4, -0.2) is 4.57 Å². The molecule has 0 N–H and O–H groups in total. The second kappa shape index (κ2) is 12.9. The monoisotopic (exact) mass is 718 g/mol. The molecule has 11 rings (SSSR count). The zero-order valence-electron chi connectivity index (χ0n) is 29.9. The first-order chi connectivity index (χ1) is 27.3. The van der Waals surface area contributed by atoms with Crippen molar-refractivity contribution < 1.29 is 0 Å². The van der Waals surface area contributed by atoms with Gasteiger partial charge in [-0.3, -0.25) is 0 Å². The molecule has 258 valence electrons. The van der Waals surface area contributed by atoms with Crippen LogP contribution in [0.15, 0.2) is 206 Å². The number of anilines is 3. The Bertz CT molecular complexity index is 3210. The Morgan fingerprint density at radius 3 is 1.84 bits per heavy atom. The van der Waals surface area contributed by atoms with Crippen molar-refractivity contribution in [1.82, 2.24) is 4.57 Å². The van der Waals surface area contributed by atoms with Gasteiger partial charge in [0.2, 0.25) is 0 Å². The second-order valence-corrected chi connectivity index (χ2v) is 15.1. The van der Waals surface area contributed by atoms with Crippen LogP contribution in [0, 0.1) is 0 Å². The molecule has 2 nitrogen and oxygen atoms in total. The molecule has 55 heavy (non-hydrogen) atoms. The lowest BCUT2D eigenvalue weighted by atomic mass is 9.95. The van der Waals surface area contributed by atoms with E-state index in [-0.39, 0.29) is 0 Å². The van der Waals surface area contributed by atoms with Gasteiger partial charge in [-0.15, -0.1) is 11.3 Å². The van der Waals surface area contributed by atoms with E-state index in [4.69, 9.17) is 0 Å². The Kier molecular flexibility index (Phi) is 7.39. The van der Waals surface area contributed by atoms with E-state index in [0.29, 0.717) is 0 Å². The van der Waals surface area contributed by atoms with Gasteiger partial charge in [0.25, 0.3) is 0 Å². The van der Waals surface area contributed by atoms with Gasteiger partial charge < -0.3 is 9.47 Å². The number of hydrogen-bond donors (Lipinski definition) is 0. The summed E-state index contributed by atoms with van der Waals surface area (Å²) < 4.78 is 5.03. The molecule has 0 saturated heterocycles. The standard InChI is InChI=1S/C52H34N2S/c1-3-16-35(17-4-1)38-31-32-47(41-22-8-7-21-40(38)41)54(45-25-12-9-20-39(45)36-30-33-51-44(34-36)42-23-11-14-29-50(42)55-51)49-28-15-27-48-52(49)43-24-10-13-26-46(43)53(48)37-18-5-2-6-19-37/h1-34H. The number of thiophene rings is 1. The molecule has 0 saturated carbocycles. The zero-order chi connectivity index (χ0) is 36.3. The lowest BCUT2D eigenvalue weighted by Crippen LogP contribution is -2.12. The van der Waals surface area contributed by atoms with Crippen LogP contribution in [0.3, 0.4) is 0 Å². The summed E-state index contributed by atoms with van der Waals surface area (Å²) in [7, 11) is 0. The summed E-state index contributed by atoms with van der Waals surface area (Å²) in [4.78, 5) is 2.52. The van der Waals surface area contributed by atoms with Crippen molar-refractivity contribution in [3.8, 4) is 27.9 Å². The molecule has 3 heteroatoms. The largest absolute Gasteiger partial charge is 0.309 e. The van der Waals surface area contributed by atoms with Gasteiger partial charge in [-0.1, -0.05) is 146 Å². The van der Waals surface area contributed by atoms with Crippen LogP contribution in [0.25, 0.3) is 80.7 Å². The molecule has 0 aliphatic rings. The van der Waals surface area contributed by atoms with Gasteiger partial charge in [-0.05, 0) is 82.7 Å². The smallest absolute Gasteiger partial charge is 0.0562 e. The van der Waals surface area contributed by atoms with Gasteiger partial charge >= 0.3 is 0 Å². The molecular formula is C52H34N2S. The molecule has 9 aromatic carbocycles. The van der Waals surface area contributed by atoms with Crippen molar-refractivity contribution in [1.29, 1.82) is 0 Å². The fourth-order valence-corrected chi connectivity index (χ4v) is 9.67. The predicted molar refractivity (Wildman–Crippen MR) is 237 cm³/mol. The van der Waals surface area contributed by atoms with Crippen molar-refractivity contribution in [3.05, 3.63) is 206 Å². The minimum Gasteiger partial charge on any atom is -0.309 e. The van der Waals surface area contributed by atoms with E-state index in [1.807, 2.05) is 11.3 Å². The van der Waals surface area contributed by atoms with E-state index in [2.05, 4.69) is 216 Å². The number of nitrogens with zero attached hydrogens (tertiary/aromatic N) is 2. The number of hydrogen-bond acceptors (Lipinski definition) is 2. The highest BCUT2D eigenvalue weighted by atomic mass is 32.1. The van der Waals surface area contributed by atoms with Gasteiger partial charge in [0.15, 0.2) is 0 Å². The minimum absolute atomic E-state index is 1.13. The molecule has 0 aliphatic heterocycles. The number of para-hydroxylation sites is 3. The lowest BCUT2D eigenvalue weighted by Gasteiger charge is -2.30. The molecule has 0 radical (unpaired) electrons. The maximum Gasteiger partial charge on any atom is 0.0562 e. The Labute approximate surface area is 323 Å². The maximum atomic E-state index is 2.52. The normalized spacial score (nSPS) is 11.6. The van der Waals surface area contributed by atoms with Crippen LogP contribution in [0.5, 0.6) is 0 Å². The van der Waals surface area contributed by atoms with Gasteiger partial charge in [-0.2, -0.15) is 0 Å². The minimum atomic E-state index is 1.13. The van der Waals surface area contributed by atoms with Gasteiger partial charge in [-0.25, -0.2) is 0 Å². The molecular weight excluding hydrogens is 685 g/mol. The summed E-state index contributed by atoms with van der Waals surface area (Å²) in [5.74, 6) is 0. The van der Waals surface area contributed by atoms with Crippen molar-refractivity contribution in [3.63, 3.8) is 0 Å². The molecule has 0 bridgehead atoms. The summed E-state index contributed by atoms with van der Waals surface area (Å²) in [5, 5.41) is 7.45. The van der Waals surface area contributed by atoms with Crippen molar-refractivity contribution in [2.45, 2.75) is 0 Å². The molecule has 11 aromatic rings. The first kappa shape index (κ1) is 31.6. The SMILES string of the molecule is c1ccc(-c2ccc(N(c3ccccc3-c3ccc4sc5ccccc5c4c3)c3cccc4c3c3ccccc3n4-c3ccccc3)c3ccccc23)cc1. The van der Waals surface area contributed by atoms with E-state index >= 15 is 0 Å². The van der Waals surface area contributed by atoms with Gasteiger partial charge in [0, 0.05) is 47.6 Å². The maximum absolute atomic E-state index is 2.52. The molecule has 2 heterocycles. The van der Waals surface area contributed by atoms with Crippen molar-refractivity contribution in [2.24, 2.45) is 0 Å². The van der Waals surface area contributed by atoms with E-state index < -0.39 is 0 Å². The predicted octanol–water partition coefficient (Wildman–Crippen LogP) is 15.1. The number of rotatable bonds is 6. The molecule has 0 unspecified atom stereocenters. The van der Waals surface area contributed by atoms with Crippen molar-refractivity contribution in [2.75, 3.05) is 4.90 Å². The molecule has 0 aliphatic carbocycles. The highest BCUT2D eigenvalue weighted by molar-refractivity contribution is 7.25. The molecule has 0 amide bonds. The first-order valence-corrected chi connectivity index (χ1v) is 19.6. The van der Waals surface area contributed by atoms with Crippen LogP contribution < -0.4 is 4.90 Å². The Hall–Kier alpha value is -6.94. The highest BCUT2D eigenvalue weighted by Crippen LogP contribution is 2.49. The Balaban J connectivity index is 1.24. The number of fused-ring (bicyclic) bond motifs is 7. The van der Waals surface area contributed by atoms with E-state index in [1.54, 1.807) is 0 Å². The summed E-state index contributed by atoms with van der Waals surface area (Å²) in [6, 6.07) is 75.3. The summed E-state index contributed by atoms with van der Waals surface area (Å²) in [6.07, 6.45) is 0. The molecule has 0 fully saturated rings. The average Bonchev–Trinajstić information content (AvgIpc) is 3.80. The summed E-state index contributed by atoms with van der Waals surface area (Å²) in [5.41, 5.74) is 11.7. The van der Waals surface area contributed by atoms with Crippen LogP contribution in [-0.2, 0) is 0 Å².